The molecule has 9 aromatic carbocycles. The number of hydrogen-bond acceptors (Lipinski definition) is 2. The molecule has 1 heterocycles. The third-order valence-electron chi connectivity index (χ3n) is 11.9. The fraction of sp³-hybridized carbons (Fsp3) is 0.0566. The van der Waals surface area contributed by atoms with Crippen LogP contribution < -0.4 is 4.90 Å². The van der Waals surface area contributed by atoms with Crippen LogP contribution in [0.15, 0.2) is 192 Å². The van der Waals surface area contributed by atoms with Crippen molar-refractivity contribution in [3.05, 3.63) is 199 Å². The Labute approximate surface area is 320 Å². The van der Waals surface area contributed by atoms with Gasteiger partial charge in [0.25, 0.3) is 0 Å². The number of hydrogen-bond donors (Lipinski definition) is 0. The van der Waals surface area contributed by atoms with Gasteiger partial charge in [-0.25, -0.2) is 0 Å². The first-order valence-corrected chi connectivity index (χ1v) is 19.1. The molecular weight excluding hydrogens is 667 g/mol. The van der Waals surface area contributed by atoms with E-state index in [9.17, 15) is 0 Å². The van der Waals surface area contributed by atoms with E-state index in [-0.39, 0.29) is 5.41 Å². The van der Waals surface area contributed by atoms with Gasteiger partial charge < -0.3 is 9.32 Å². The molecule has 0 aliphatic heterocycles. The predicted molar refractivity (Wildman–Crippen MR) is 232 cm³/mol. The molecule has 0 fully saturated rings. The topological polar surface area (TPSA) is 16.4 Å². The zero-order valence-electron chi connectivity index (χ0n) is 30.8. The number of benzene rings is 9. The lowest BCUT2D eigenvalue weighted by Gasteiger charge is -2.29. The largest absolute Gasteiger partial charge is 0.455 e. The van der Waals surface area contributed by atoms with E-state index in [1.807, 2.05) is 0 Å². The van der Waals surface area contributed by atoms with Crippen LogP contribution in [0.4, 0.5) is 17.1 Å². The smallest absolute Gasteiger partial charge is 0.145 e. The van der Waals surface area contributed by atoms with Gasteiger partial charge in [0, 0.05) is 33.1 Å². The van der Waals surface area contributed by atoms with E-state index in [0.717, 1.165) is 55.5 Å². The third kappa shape index (κ3) is 4.74. The molecule has 0 spiro atoms. The minimum absolute atomic E-state index is 0.144. The molecule has 0 N–H and O–H groups in total. The Morgan fingerprint density at radius 1 is 0.382 bits per heavy atom. The molecular formula is C53H37NO. The van der Waals surface area contributed by atoms with Crippen molar-refractivity contribution in [2.24, 2.45) is 0 Å². The van der Waals surface area contributed by atoms with Crippen molar-refractivity contribution in [2.75, 3.05) is 4.90 Å². The van der Waals surface area contributed by atoms with Gasteiger partial charge in [-0.2, -0.15) is 0 Å². The Morgan fingerprint density at radius 2 is 0.927 bits per heavy atom. The van der Waals surface area contributed by atoms with Gasteiger partial charge in [-0.15, -0.1) is 0 Å². The molecule has 55 heavy (non-hydrogen) atoms. The van der Waals surface area contributed by atoms with E-state index in [1.54, 1.807) is 0 Å². The van der Waals surface area contributed by atoms with Crippen LogP contribution in [0.25, 0.3) is 76.9 Å². The maximum Gasteiger partial charge on any atom is 0.145 e. The lowest BCUT2D eigenvalue weighted by molar-refractivity contribution is 0.660. The lowest BCUT2D eigenvalue weighted by Crippen LogP contribution is -2.16. The first-order chi connectivity index (χ1) is 27.1. The maximum absolute atomic E-state index is 7.22. The highest BCUT2D eigenvalue weighted by Gasteiger charge is 2.36. The van der Waals surface area contributed by atoms with Crippen molar-refractivity contribution in [3.63, 3.8) is 0 Å². The fourth-order valence-corrected chi connectivity index (χ4v) is 9.21. The van der Waals surface area contributed by atoms with Gasteiger partial charge in [0.2, 0.25) is 0 Å². The SMILES string of the molecule is CC1(C)c2ccccc2-c2ccc(N(c3ccc(-c4ccccc4)cc3)c3ccc(-c4ccccc4)c4oc5c6ccccc6c6ccccc6c5c34)cc21. The van der Waals surface area contributed by atoms with Crippen LogP contribution in [0.5, 0.6) is 0 Å². The molecule has 0 atom stereocenters. The quantitative estimate of drug-likeness (QED) is 0.166. The molecule has 0 saturated carbocycles. The van der Waals surface area contributed by atoms with Crippen LogP contribution in [-0.4, -0.2) is 0 Å². The lowest BCUT2D eigenvalue weighted by atomic mass is 9.82. The van der Waals surface area contributed by atoms with Gasteiger partial charge in [-0.1, -0.05) is 166 Å². The summed E-state index contributed by atoms with van der Waals surface area (Å²) >= 11 is 0. The standard InChI is InChI=1S/C53H37NO/c1-53(2)46-24-14-13-21-42(46)43-30-29-38(33-47(43)53)54(37-27-25-35(26-28-37)34-15-5-3-6-16-34)48-32-31-39(36-17-7-4-8-18-36)51-50(48)49-44-22-11-9-19-40(44)41-20-10-12-23-45(41)52(49)55-51/h3-33H,1-2H3. The summed E-state index contributed by atoms with van der Waals surface area (Å²) in [5, 5.41) is 6.96. The average Bonchev–Trinajstić information content (AvgIpc) is 3.76. The van der Waals surface area contributed by atoms with Gasteiger partial charge >= 0.3 is 0 Å². The minimum atomic E-state index is -0.144. The number of anilines is 3. The van der Waals surface area contributed by atoms with Crippen LogP contribution in [0, 0.1) is 0 Å². The second-order valence-electron chi connectivity index (χ2n) is 15.2. The maximum atomic E-state index is 7.22. The molecule has 0 bridgehead atoms. The van der Waals surface area contributed by atoms with Crippen molar-refractivity contribution in [2.45, 2.75) is 19.3 Å². The summed E-state index contributed by atoms with van der Waals surface area (Å²) in [4.78, 5) is 2.45. The molecule has 0 unspecified atom stereocenters. The summed E-state index contributed by atoms with van der Waals surface area (Å²) in [5.74, 6) is 0. The number of furan rings is 1. The van der Waals surface area contributed by atoms with Crippen molar-refractivity contribution < 1.29 is 4.42 Å². The van der Waals surface area contributed by atoms with Gasteiger partial charge in [0.1, 0.15) is 11.2 Å². The summed E-state index contributed by atoms with van der Waals surface area (Å²) in [7, 11) is 0. The fourth-order valence-electron chi connectivity index (χ4n) is 9.21. The molecule has 10 aromatic rings. The van der Waals surface area contributed by atoms with Crippen LogP contribution in [-0.2, 0) is 5.41 Å². The molecule has 0 radical (unpaired) electrons. The predicted octanol–water partition coefficient (Wildman–Crippen LogP) is 15.0. The normalized spacial score (nSPS) is 13.1. The summed E-state index contributed by atoms with van der Waals surface area (Å²) in [6.45, 7) is 4.71. The van der Waals surface area contributed by atoms with E-state index in [4.69, 9.17) is 4.42 Å². The molecule has 0 amide bonds. The van der Waals surface area contributed by atoms with E-state index in [1.165, 1.54) is 49.5 Å². The minimum Gasteiger partial charge on any atom is -0.455 e. The van der Waals surface area contributed by atoms with Crippen molar-refractivity contribution in [1.29, 1.82) is 0 Å². The van der Waals surface area contributed by atoms with E-state index in [0.29, 0.717) is 0 Å². The van der Waals surface area contributed by atoms with Crippen molar-refractivity contribution in [3.8, 4) is 33.4 Å². The van der Waals surface area contributed by atoms with Gasteiger partial charge in [0.15, 0.2) is 0 Å². The number of nitrogens with zero attached hydrogens (tertiary/aromatic N) is 1. The molecule has 1 aromatic heterocycles. The summed E-state index contributed by atoms with van der Waals surface area (Å²) < 4.78 is 7.22. The Morgan fingerprint density at radius 3 is 1.67 bits per heavy atom. The molecule has 11 rings (SSSR count). The van der Waals surface area contributed by atoms with E-state index in [2.05, 4.69) is 207 Å². The second-order valence-corrected chi connectivity index (χ2v) is 15.2. The molecule has 1 aliphatic rings. The first kappa shape index (κ1) is 31.6. The summed E-state index contributed by atoms with van der Waals surface area (Å²) in [5.41, 5.74) is 14.9. The Balaban J connectivity index is 1.25. The summed E-state index contributed by atoms with van der Waals surface area (Å²) in [6.07, 6.45) is 0. The van der Waals surface area contributed by atoms with Gasteiger partial charge in [-0.3, -0.25) is 0 Å². The van der Waals surface area contributed by atoms with E-state index >= 15 is 0 Å². The molecule has 0 saturated heterocycles. The zero-order valence-corrected chi connectivity index (χ0v) is 30.8. The van der Waals surface area contributed by atoms with Crippen molar-refractivity contribution >= 4 is 60.5 Å². The highest BCUT2D eigenvalue weighted by Crippen LogP contribution is 2.53. The molecule has 2 nitrogen and oxygen atoms in total. The molecule has 2 heteroatoms. The van der Waals surface area contributed by atoms with Gasteiger partial charge in [-0.05, 0) is 91.5 Å². The number of rotatable bonds is 5. The Kier molecular flexibility index (Phi) is 6.93. The monoisotopic (exact) mass is 703 g/mol. The Hall–Kier alpha value is -6.90. The van der Waals surface area contributed by atoms with E-state index < -0.39 is 0 Å². The average molecular weight is 704 g/mol. The molecule has 1 aliphatic carbocycles. The van der Waals surface area contributed by atoms with Crippen LogP contribution >= 0.6 is 0 Å². The second kappa shape index (κ2) is 12.1. The highest BCUT2D eigenvalue weighted by molar-refractivity contribution is 6.33. The number of fused-ring (bicyclic) bond motifs is 11. The summed E-state index contributed by atoms with van der Waals surface area (Å²) in [6, 6.07) is 68.2. The van der Waals surface area contributed by atoms with Crippen LogP contribution in [0.1, 0.15) is 25.0 Å². The third-order valence-corrected chi connectivity index (χ3v) is 11.9. The zero-order chi connectivity index (χ0) is 36.7. The van der Waals surface area contributed by atoms with Crippen LogP contribution in [0.3, 0.4) is 0 Å². The molecule has 260 valence electrons. The first-order valence-electron chi connectivity index (χ1n) is 19.1. The highest BCUT2D eigenvalue weighted by atomic mass is 16.3. The van der Waals surface area contributed by atoms with Crippen LogP contribution in [0.2, 0.25) is 0 Å². The van der Waals surface area contributed by atoms with Gasteiger partial charge in [0.05, 0.1) is 11.1 Å². The van der Waals surface area contributed by atoms with Crippen molar-refractivity contribution in [1.82, 2.24) is 0 Å². The Bertz CT molecular complexity index is 3100.